The molecule has 3 rings (SSSR count). The third-order valence-corrected chi connectivity index (χ3v) is 4.40. The van der Waals surface area contributed by atoms with E-state index < -0.39 is 0 Å². The van der Waals surface area contributed by atoms with E-state index in [2.05, 4.69) is 34.5 Å². The van der Waals surface area contributed by atoms with Crippen molar-refractivity contribution in [1.82, 2.24) is 15.1 Å². The molecule has 1 heterocycles. The molecule has 0 radical (unpaired) electrons. The Morgan fingerprint density at radius 2 is 1.82 bits per heavy atom. The molecular formula is C18H27N3O. The molecule has 1 unspecified atom stereocenters. The highest BCUT2D eigenvalue weighted by Gasteiger charge is 2.38. The molecule has 2 fully saturated rings. The molecule has 4 heteroatoms. The van der Waals surface area contributed by atoms with Crippen LogP contribution in [0.1, 0.15) is 45.2 Å². The summed E-state index contributed by atoms with van der Waals surface area (Å²) in [7, 11) is 0. The van der Waals surface area contributed by atoms with E-state index in [9.17, 15) is 4.79 Å². The maximum atomic E-state index is 12.7. The zero-order valence-electron chi connectivity index (χ0n) is 13.9. The molecule has 1 aromatic carbocycles. The maximum absolute atomic E-state index is 12.7. The van der Waals surface area contributed by atoms with Crippen molar-refractivity contribution >= 4 is 6.03 Å². The molecule has 1 saturated heterocycles. The van der Waals surface area contributed by atoms with E-state index >= 15 is 0 Å². The summed E-state index contributed by atoms with van der Waals surface area (Å²) in [6.07, 6.45) is 2.63. The Bertz CT molecular complexity index is 519. The third-order valence-electron chi connectivity index (χ3n) is 4.40. The van der Waals surface area contributed by atoms with Crippen LogP contribution in [0.4, 0.5) is 4.79 Å². The van der Waals surface area contributed by atoms with Gasteiger partial charge in [-0.25, -0.2) is 4.79 Å². The van der Waals surface area contributed by atoms with Crippen LogP contribution >= 0.6 is 0 Å². The maximum Gasteiger partial charge on any atom is 0.318 e. The van der Waals surface area contributed by atoms with Gasteiger partial charge in [-0.1, -0.05) is 30.3 Å². The molecule has 0 aromatic heterocycles. The first-order chi connectivity index (χ1) is 10.4. The molecule has 4 nitrogen and oxygen atoms in total. The van der Waals surface area contributed by atoms with Gasteiger partial charge in [-0.3, -0.25) is 4.90 Å². The fraction of sp³-hybridized carbons (Fsp3) is 0.611. The van der Waals surface area contributed by atoms with Gasteiger partial charge in [0.25, 0.3) is 0 Å². The van der Waals surface area contributed by atoms with E-state index in [4.69, 9.17) is 0 Å². The summed E-state index contributed by atoms with van der Waals surface area (Å²) in [5, 5.41) is 3.12. The first-order valence-corrected chi connectivity index (χ1v) is 8.32. The average molecular weight is 301 g/mol. The number of carbonyl (C=O) groups excluding carboxylic acids is 1. The van der Waals surface area contributed by atoms with E-state index in [0.29, 0.717) is 0 Å². The summed E-state index contributed by atoms with van der Waals surface area (Å²) in [6.45, 7) is 8.84. The van der Waals surface area contributed by atoms with Crippen molar-refractivity contribution in [3.63, 3.8) is 0 Å². The molecule has 1 aliphatic carbocycles. The fourth-order valence-corrected chi connectivity index (χ4v) is 3.17. The monoisotopic (exact) mass is 301 g/mol. The molecule has 1 aliphatic heterocycles. The second-order valence-electron chi connectivity index (χ2n) is 7.53. The highest BCUT2D eigenvalue weighted by molar-refractivity contribution is 5.75. The molecule has 1 aromatic rings. The van der Waals surface area contributed by atoms with Crippen LogP contribution in [-0.4, -0.2) is 47.0 Å². The average Bonchev–Trinajstić information content (AvgIpc) is 3.30. The lowest BCUT2D eigenvalue weighted by Crippen LogP contribution is -2.56. The number of urea groups is 1. The number of hydrogen-bond donors (Lipinski definition) is 1. The number of hydrogen-bond acceptors (Lipinski definition) is 2. The first kappa shape index (κ1) is 15.3. The Hall–Kier alpha value is -1.55. The van der Waals surface area contributed by atoms with Gasteiger partial charge in [-0.2, -0.15) is 0 Å². The summed E-state index contributed by atoms with van der Waals surface area (Å²) >= 11 is 0. The van der Waals surface area contributed by atoms with Crippen LogP contribution < -0.4 is 5.32 Å². The van der Waals surface area contributed by atoms with Gasteiger partial charge in [0.15, 0.2) is 0 Å². The number of amides is 2. The van der Waals surface area contributed by atoms with E-state index in [0.717, 1.165) is 25.7 Å². The smallest absolute Gasteiger partial charge is 0.318 e. The Morgan fingerprint density at radius 1 is 1.14 bits per heavy atom. The normalized spacial score (nSPS) is 23.4. The molecular weight excluding hydrogens is 274 g/mol. The molecule has 1 atom stereocenters. The van der Waals surface area contributed by atoms with Gasteiger partial charge < -0.3 is 10.2 Å². The third kappa shape index (κ3) is 3.61. The minimum atomic E-state index is -0.202. The molecule has 0 spiro atoms. The van der Waals surface area contributed by atoms with E-state index in [1.807, 2.05) is 31.7 Å². The van der Waals surface area contributed by atoms with Crippen LogP contribution in [0, 0.1) is 0 Å². The lowest BCUT2D eigenvalue weighted by molar-refractivity contribution is 0.0861. The summed E-state index contributed by atoms with van der Waals surface area (Å²) in [5.41, 5.74) is 1.03. The highest BCUT2D eigenvalue weighted by atomic mass is 16.2. The van der Waals surface area contributed by atoms with E-state index in [-0.39, 0.29) is 17.6 Å². The minimum absolute atomic E-state index is 0.0526. The van der Waals surface area contributed by atoms with Gasteiger partial charge in [-0.05, 0) is 39.2 Å². The predicted octanol–water partition coefficient (Wildman–Crippen LogP) is 3.02. The zero-order valence-corrected chi connectivity index (χ0v) is 13.9. The Morgan fingerprint density at radius 3 is 2.41 bits per heavy atom. The zero-order chi connectivity index (χ0) is 15.7. The topological polar surface area (TPSA) is 35.6 Å². The number of benzene rings is 1. The number of carbonyl (C=O) groups is 1. The number of rotatable bonds is 2. The summed E-state index contributed by atoms with van der Waals surface area (Å²) in [6, 6.07) is 11.4. The van der Waals surface area contributed by atoms with Gasteiger partial charge in [0, 0.05) is 31.2 Å². The van der Waals surface area contributed by atoms with Gasteiger partial charge >= 0.3 is 6.03 Å². The lowest BCUT2D eigenvalue weighted by Gasteiger charge is -2.42. The number of nitrogens with zero attached hydrogens (tertiary/aromatic N) is 2. The van der Waals surface area contributed by atoms with Crippen molar-refractivity contribution in [1.29, 1.82) is 0 Å². The second-order valence-corrected chi connectivity index (χ2v) is 7.53. The summed E-state index contributed by atoms with van der Waals surface area (Å²) < 4.78 is 0. The molecule has 22 heavy (non-hydrogen) atoms. The quantitative estimate of drug-likeness (QED) is 0.911. The van der Waals surface area contributed by atoms with Gasteiger partial charge in [0.05, 0.1) is 6.04 Å². The molecule has 2 amide bonds. The second kappa shape index (κ2) is 5.92. The Balaban J connectivity index is 1.79. The van der Waals surface area contributed by atoms with Gasteiger partial charge in [0.1, 0.15) is 0 Å². The van der Waals surface area contributed by atoms with Crippen LogP contribution in [-0.2, 0) is 0 Å². The highest BCUT2D eigenvalue weighted by Crippen LogP contribution is 2.33. The molecule has 1 N–H and O–H groups in total. The predicted molar refractivity (Wildman–Crippen MR) is 88.8 cm³/mol. The van der Waals surface area contributed by atoms with Crippen molar-refractivity contribution < 1.29 is 4.79 Å². The first-order valence-electron chi connectivity index (χ1n) is 8.32. The van der Waals surface area contributed by atoms with Crippen LogP contribution in [0.15, 0.2) is 30.3 Å². The van der Waals surface area contributed by atoms with Crippen LogP contribution in [0.3, 0.4) is 0 Å². The Labute approximate surface area is 133 Å². The summed E-state index contributed by atoms with van der Waals surface area (Å²) in [4.78, 5) is 17.3. The SMILES string of the molecule is CC(C)(C)NC(=O)N1CCN(C2CC2)CC1c1ccccc1. The fourth-order valence-electron chi connectivity index (χ4n) is 3.17. The van der Waals surface area contributed by atoms with E-state index in [1.165, 1.54) is 18.4 Å². The van der Waals surface area contributed by atoms with Crippen molar-refractivity contribution in [3.8, 4) is 0 Å². The van der Waals surface area contributed by atoms with Crippen molar-refractivity contribution in [2.75, 3.05) is 19.6 Å². The number of piperazine rings is 1. The molecule has 0 bridgehead atoms. The van der Waals surface area contributed by atoms with Crippen LogP contribution in [0.25, 0.3) is 0 Å². The van der Waals surface area contributed by atoms with Crippen LogP contribution in [0.5, 0.6) is 0 Å². The van der Waals surface area contributed by atoms with Crippen molar-refractivity contribution in [2.45, 2.75) is 51.2 Å². The van der Waals surface area contributed by atoms with E-state index in [1.54, 1.807) is 0 Å². The largest absolute Gasteiger partial charge is 0.333 e. The standard InChI is InChI=1S/C18H27N3O/c1-18(2,3)19-17(22)21-12-11-20(15-9-10-15)13-16(21)14-7-5-4-6-8-14/h4-8,15-16H,9-13H2,1-3H3,(H,19,22). The number of nitrogens with one attached hydrogen (secondary N) is 1. The van der Waals surface area contributed by atoms with Crippen LogP contribution in [0.2, 0.25) is 0 Å². The van der Waals surface area contributed by atoms with Gasteiger partial charge in [-0.15, -0.1) is 0 Å². The molecule has 1 saturated carbocycles. The summed E-state index contributed by atoms with van der Waals surface area (Å²) in [5.74, 6) is 0. The molecule has 120 valence electrons. The van der Waals surface area contributed by atoms with Gasteiger partial charge in [0.2, 0.25) is 0 Å². The minimum Gasteiger partial charge on any atom is -0.333 e. The molecule has 2 aliphatic rings. The van der Waals surface area contributed by atoms with Crippen molar-refractivity contribution in [2.24, 2.45) is 0 Å². The van der Waals surface area contributed by atoms with Crippen molar-refractivity contribution in [3.05, 3.63) is 35.9 Å². The lowest BCUT2D eigenvalue weighted by atomic mass is 10.0. The Kier molecular flexibility index (Phi) is 4.13.